The number of methoxy groups -OCH3 is 1. The van der Waals surface area contributed by atoms with E-state index in [1.54, 1.807) is 25.6 Å². The van der Waals surface area contributed by atoms with E-state index in [0.29, 0.717) is 0 Å². The van der Waals surface area contributed by atoms with Crippen LogP contribution in [0.3, 0.4) is 0 Å². The largest absolute Gasteiger partial charge is 0.495 e. The number of benzene rings is 2. The number of aliphatic imine (C=N–C) groups is 1. The van der Waals surface area contributed by atoms with Crippen LogP contribution in [0, 0.1) is 12.7 Å². The molecule has 2 aromatic carbocycles. The lowest BCUT2D eigenvalue weighted by Gasteiger charge is -2.53. The highest BCUT2D eigenvalue weighted by atomic mass is 19.1. The average Bonchev–Trinajstić information content (AvgIpc) is 3.29. The third-order valence-corrected chi connectivity index (χ3v) is 7.33. The Morgan fingerprint density at radius 1 is 1.20 bits per heavy atom. The SMILES string of the molecule is COc1cc(/C=C2\CC3(CCO3)CN3C2=NCCC3c2ccc(F)cc2)ccc1-n1cnc(C)c1. The van der Waals surface area contributed by atoms with Crippen LogP contribution in [0.5, 0.6) is 5.75 Å². The van der Waals surface area contributed by atoms with Gasteiger partial charge in [-0.3, -0.25) is 4.99 Å². The zero-order valence-electron chi connectivity index (χ0n) is 20.1. The molecule has 0 saturated carbocycles. The first-order valence-electron chi connectivity index (χ1n) is 12.1. The molecule has 180 valence electrons. The molecular formula is C28H29FN4O2. The Hall–Kier alpha value is -3.45. The van der Waals surface area contributed by atoms with Crippen LogP contribution in [0.15, 0.2) is 65.6 Å². The molecule has 3 aliphatic rings. The fourth-order valence-corrected chi connectivity index (χ4v) is 5.50. The molecule has 2 saturated heterocycles. The van der Waals surface area contributed by atoms with Crippen molar-refractivity contribution in [2.24, 2.45) is 4.99 Å². The van der Waals surface area contributed by atoms with Gasteiger partial charge in [-0.15, -0.1) is 0 Å². The number of fused-ring (bicyclic) bond motifs is 1. The number of imidazole rings is 1. The maximum atomic E-state index is 13.6. The third kappa shape index (κ3) is 4.04. The summed E-state index contributed by atoms with van der Waals surface area (Å²) in [7, 11) is 1.69. The van der Waals surface area contributed by atoms with Crippen molar-refractivity contribution in [3.05, 3.63) is 83.2 Å². The first kappa shape index (κ1) is 22.0. The highest BCUT2D eigenvalue weighted by Crippen LogP contribution is 2.44. The van der Waals surface area contributed by atoms with Gasteiger partial charge in [0.05, 0.1) is 43.1 Å². The molecule has 1 aromatic heterocycles. The fraction of sp³-hybridized carbons (Fsp3) is 0.357. The summed E-state index contributed by atoms with van der Waals surface area (Å²) in [5.74, 6) is 1.61. The molecule has 0 N–H and O–H groups in total. The van der Waals surface area contributed by atoms with Gasteiger partial charge in [-0.25, -0.2) is 9.37 Å². The lowest BCUT2D eigenvalue weighted by Crippen LogP contribution is -2.59. The van der Waals surface area contributed by atoms with Gasteiger partial charge in [-0.05, 0) is 60.4 Å². The molecule has 7 heteroatoms. The predicted molar refractivity (Wildman–Crippen MR) is 134 cm³/mol. The molecule has 6 nitrogen and oxygen atoms in total. The molecular weight excluding hydrogens is 443 g/mol. The van der Waals surface area contributed by atoms with Crippen LogP contribution in [0.2, 0.25) is 0 Å². The average molecular weight is 473 g/mol. The molecule has 2 atom stereocenters. The zero-order valence-corrected chi connectivity index (χ0v) is 20.1. The quantitative estimate of drug-likeness (QED) is 0.529. The maximum Gasteiger partial charge on any atom is 0.143 e. The Morgan fingerprint density at radius 3 is 2.71 bits per heavy atom. The van der Waals surface area contributed by atoms with Crippen LogP contribution >= 0.6 is 0 Å². The van der Waals surface area contributed by atoms with Crippen molar-refractivity contribution in [1.29, 1.82) is 0 Å². The second-order valence-corrected chi connectivity index (χ2v) is 9.67. The van der Waals surface area contributed by atoms with Gasteiger partial charge in [-0.2, -0.15) is 0 Å². The second-order valence-electron chi connectivity index (χ2n) is 9.67. The minimum absolute atomic E-state index is 0.161. The van der Waals surface area contributed by atoms with E-state index in [0.717, 1.165) is 73.1 Å². The summed E-state index contributed by atoms with van der Waals surface area (Å²) in [4.78, 5) is 11.7. The number of piperidine rings is 1. The lowest BCUT2D eigenvalue weighted by molar-refractivity contribution is -0.159. The third-order valence-electron chi connectivity index (χ3n) is 7.33. The van der Waals surface area contributed by atoms with Gasteiger partial charge >= 0.3 is 0 Å². The number of hydrogen-bond acceptors (Lipinski definition) is 5. The number of halogens is 1. The van der Waals surface area contributed by atoms with Crippen LogP contribution in [-0.4, -0.2) is 52.7 Å². The van der Waals surface area contributed by atoms with Crippen molar-refractivity contribution in [1.82, 2.24) is 14.5 Å². The molecule has 0 bridgehead atoms. The van der Waals surface area contributed by atoms with Gasteiger partial charge in [0.2, 0.25) is 0 Å². The molecule has 2 fully saturated rings. The summed E-state index contributed by atoms with van der Waals surface area (Å²) < 4.78 is 27.5. The van der Waals surface area contributed by atoms with Gasteiger partial charge in [-0.1, -0.05) is 18.2 Å². The van der Waals surface area contributed by atoms with Crippen molar-refractivity contribution in [3.8, 4) is 11.4 Å². The molecule has 0 amide bonds. The van der Waals surface area contributed by atoms with E-state index in [4.69, 9.17) is 14.5 Å². The Kier molecular flexibility index (Phi) is 5.44. The van der Waals surface area contributed by atoms with Gasteiger partial charge in [0, 0.05) is 32.1 Å². The van der Waals surface area contributed by atoms with Crippen LogP contribution in [0.1, 0.15) is 42.1 Å². The van der Waals surface area contributed by atoms with Gasteiger partial charge in [0.15, 0.2) is 0 Å². The Balaban J connectivity index is 1.37. The molecule has 3 aromatic rings. The number of aromatic nitrogens is 2. The van der Waals surface area contributed by atoms with Crippen LogP contribution in [0.4, 0.5) is 4.39 Å². The highest BCUT2D eigenvalue weighted by Gasteiger charge is 2.48. The molecule has 2 unspecified atom stereocenters. The summed E-state index contributed by atoms with van der Waals surface area (Å²) in [6, 6.07) is 13.3. The summed E-state index contributed by atoms with van der Waals surface area (Å²) in [6.07, 6.45) is 8.78. The van der Waals surface area contributed by atoms with Gasteiger partial charge < -0.3 is 18.9 Å². The van der Waals surface area contributed by atoms with E-state index < -0.39 is 0 Å². The fourth-order valence-electron chi connectivity index (χ4n) is 5.50. The lowest BCUT2D eigenvalue weighted by atomic mass is 9.80. The number of ether oxygens (including phenoxy) is 2. The zero-order chi connectivity index (χ0) is 24.0. The molecule has 6 rings (SSSR count). The minimum atomic E-state index is -0.209. The molecule has 35 heavy (non-hydrogen) atoms. The first-order chi connectivity index (χ1) is 17.0. The van der Waals surface area contributed by atoms with E-state index >= 15 is 0 Å². The number of nitrogens with zero attached hydrogens (tertiary/aromatic N) is 4. The number of amidine groups is 1. The maximum absolute atomic E-state index is 13.6. The van der Waals surface area contributed by atoms with E-state index in [2.05, 4.69) is 34.2 Å². The van der Waals surface area contributed by atoms with Crippen molar-refractivity contribution >= 4 is 11.9 Å². The summed E-state index contributed by atoms with van der Waals surface area (Å²) in [6.45, 7) is 4.33. The number of rotatable bonds is 4. The minimum Gasteiger partial charge on any atom is -0.495 e. The second kappa shape index (κ2) is 8.64. The number of aryl methyl sites for hydroxylation is 1. The summed E-state index contributed by atoms with van der Waals surface area (Å²) in [5, 5.41) is 0. The van der Waals surface area contributed by atoms with Gasteiger partial charge in [0.1, 0.15) is 17.4 Å². The number of hydrogen-bond donors (Lipinski definition) is 0. The monoisotopic (exact) mass is 472 g/mol. The topological polar surface area (TPSA) is 51.9 Å². The standard InChI is InChI=1S/C28H29FN4O2/c1-19-16-32(18-31-19)25-8-3-20(14-26(25)34-2)13-22-15-28(10-12-35-28)17-33-24(9-11-30-27(22)33)21-4-6-23(29)7-5-21/h3-8,13-14,16,18,24H,9-12,15,17H2,1-2H3/b22-13+. The Labute approximate surface area is 204 Å². The smallest absolute Gasteiger partial charge is 0.143 e. The van der Waals surface area contributed by atoms with Crippen molar-refractivity contribution in [2.45, 2.75) is 37.8 Å². The van der Waals surface area contributed by atoms with Crippen LogP contribution in [-0.2, 0) is 4.74 Å². The van der Waals surface area contributed by atoms with Crippen molar-refractivity contribution in [2.75, 3.05) is 26.8 Å². The molecule has 0 radical (unpaired) electrons. The van der Waals surface area contributed by atoms with E-state index in [1.807, 2.05) is 29.8 Å². The highest BCUT2D eigenvalue weighted by molar-refractivity contribution is 6.03. The Morgan fingerprint density at radius 2 is 2.03 bits per heavy atom. The Bertz CT molecular complexity index is 1310. The first-order valence-corrected chi connectivity index (χ1v) is 12.1. The molecule has 1 spiro atoms. The van der Waals surface area contributed by atoms with Crippen LogP contribution < -0.4 is 4.74 Å². The van der Waals surface area contributed by atoms with E-state index in [-0.39, 0.29) is 17.5 Å². The summed E-state index contributed by atoms with van der Waals surface area (Å²) >= 11 is 0. The molecule has 4 heterocycles. The predicted octanol–water partition coefficient (Wildman–Crippen LogP) is 5.12. The van der Waals surface area contributed by atoms with Crippen LogP contribution in [0.25, 0.3) is 11.8 Å². The molecule has 3 aliphatic heterocycles. The molecule has 0 aliphatic carbocycles. The van der Waals surface area contributed by atoms with Crippen molar-refractivity contribution < 1.29 is 13.9 Å². The van der Waals surface area contributed by atoms with E-state index in [1.165, 1.54) is 5.57 Å². The van der Waals surface area contributed by atoms with Crippen molar-refractivity contribution in [3.63, 3.8) is 0 Å². The summed E-state index contributed by atoms with van der Waals surface area (Å²) in [5.41, 5.74) is 5.08. The normalized spacial score (nSPS) is 24.8. The van der Waals surface area contributed by atoms with E-state index in [9.17, 15) is 4.39 Å². The van der Waals surface area contributed by atoms with Gasteiger partial charge in [0.25, 0.3) is 0 Å².